The van der Waals surface area contributed by atoms with Crippen molar-refractivity contribution in [3.63, 3.8) is 0 Å². The second-order valence-electron chi connectivity index (χ2n) is 21.4. The second-order valence-corrected chi connectivity index (χ2v) is 23.5. The molecule has 4 N–H and O–H groups in total. The van der Waals surface area contributed by atoms with E-state index in [0.717, 1.165) is 95.7 Å². The van der Waals surface area contributed by atoms with Crippen molar-refractivity contribution in [2.24, 2.45) is 11.8 Å². The fourth-order valence-corrected chi connectivity index (χ4v) is 11.8. The van der Waals surface area contributed by atoms with E-state index in [1.165, 1.54) is 28.9 Å². The number of amides is 1. The third-order valence-corrected chi connectivity index (χ3v) is 16.9. The van der Waals surface area contributed by atoms with Gasteiger partial charge in [0.15, 0.2) is 33.1 Å². The van der Waals surface area contributed by atoms with Gasteiger partial charge in [-0.1, -0.05) is 82.3 Å². The molecule has 2 saturated heterocycles. The number of carboxylic acid groups (broad SMARTS) is 1. The van der Waals surface area contributed by atoms with Crippen molar-refractivity contribution < 1.29 is 52.6 Å². The zero-order chi connectivity index (χ0) is 62.6. The van der Waals surface area contributed by atoms with Gasteiger partial charge in [0.05, 0.1) is 49.5 Å². The number of carboxylic acids is 1. The summed E-state index contributed by atoms with van der Waals surface area (Å²) in [6.07, 6.45) is 13.9. The first-order valence-corrected chi connectivity index (χ1v) is 30.4. The van der Waals surface area contributed by atoms with Gasteiger partial charge in [0.1, 0.15) is 22.6 Å². The molecule has 4 aromatic carbocycles. The van der Waals surface area contributed by atoms with Crippen LogP contribution in [0.1, 0.15) is 57.5 Å². The van der Waals surface area contributed by atoms with E-state index in [-0.39, 0.29) is 16.6 Å². The quantitative estimate of drug-likeness (QED) is 0.0768. The molecular formula is C68H68N6O13S2. The number of benzene rings is 4. The van der Waals surface area contributed by atoms with Crippen LogP contribution >= 0.6 is 22.7 Å². The Labute approximate surface area is 521 Å². The Bertz CT molecular complexity index is 4240. The number of ether oxygens (including phenoxy) is 8. The van der Waals surface area contributed by atoms with Gasteiger partial charge in [-0.05, 0) is 111 Å². The summed E-state index contributed by atoms with van der Waals surface area (Å²) in [5.41, 5.74) is 11.0. The molecule has 0 radical (unpaired) electrons. The predicted octanol–water partition coefficient (Wildman–Crippen LogP) is 13.6. The lowest BCUT2D eigenvalue weighted by Gasteiger charge is -2.23. The second kappa shape index (κ2) is 29.0. The number of nitrogens with zero attached hydrogens (tertiary/aromatic N) is 4. The lowest BCUT2D eigenvalue weighted by Crippen LogP contribution is -2.26. The molecule has 10 aromatic rings. The van der Waals surface area contributed by atoms with Crippen molar-refractivity contribution in [1.82, 2.24) is 19.1 Å². The molecule has 21 heteroatoms. The van der Waals surface area contributed by atoms with Crippen LogP contribution in [-0.2, 0) is 22.6 Å². The van der Waals surface area contributed by atoms with Gasteiger partial charge in [-0.2, -0.15) is 0 Å². The summed E-state index contributed by atoms with van der Waals surface area (Å²) in [6.45, 7) is 8.30. The number of aromatic nitrogens is 4. The van der Waals surface area contributed by atoms with E-state index >= 15 is 0 Å². The Balaban J connectivity index is 0.000000163. The van der Waals surface area contributed by atoms with Crippen LogP contribution in [0.15, 0.2) is 156 Å². The van der Waals surface area contributed by atoms with Crippen LogP contribution in [0, 0.1) is 25.7 Å². The summed E-state index contributed by atoms with van der Waals surface area (Å²) in [6, 6.07) is 33.4. The average Bonchev–Trinajstić information content (AvgIpc) is 2.30. The van der Waals surface area contributed by atoms with Gasteiger partial charge < -0.3 is 63.2 Å². The number of carbonyl (C=O) groups is 2. The summed E-state index contributed by atoms with van der Waals surface area (Å²) in [4.78, 5) is 60.0. The number of aryl methyl sites for hydroxylation is 2. The van der Waals surface area contributed by atoms with Crippen molar-refractivity contribution in [1.29, 1.82) is 0 Å². The summed E-state index contributed by atoms with van der Waals surface area (Å²) >= 11 is 2.65. The minimum atomic E-state index is -1.19. The number of carbonyl (C=O) groups excluding carboxylic acids is 1. The average molecular weight is 1240 g/mol. The first-order chi connectivity index (χ1) is 43.2. The van der Waals surface area contributed by atoms with Crippen LogP contribution in [0.2, 0.25) is 0 Å². The number of methoxy groups -OCH3 is 4. The van der Waals surface area contributed by atoms with Gasteiger partial charge in [-0.15, -0.1) is 0 Å². The van der Waals surface area contributed by atoms with Gasteiger partial charge in [0.25, 0.3) is 5.91 Å². The van der Waals surface area contributed by atoms with E-state index in [4.69, 9.17) is 43.6 Å². The van der Waals surface area contributed by atoms with Crippen molar-refractivity contribution in [2.75, 3.05) is 65.9 Å². The lowest BCUT2D eigenvalue weighted by molar-refractivity contribution is 0.0609. The number of hydrogen-bond donors (Lipinski definition) is 3. The van der Waals surface area contributed by atoms with Crippen LogP contribution in [-0.4, -0.2) is 91.0 Å². The number of fused-ring (bicyclic) bond motifs is 2. The molecule has 6 aromatic heterocycles. The number of rotatable bonds is 17. The van der Waals surface area contributed by atoms with Crippen LogP contribution < -0.4 is 50.3 Å². The molecule has 0 unspecified atom stereocenters. The van der Waals surface area contributed by atoms with Gasteiger partial charge in [0, 0.05) is 111 Å². The monoisotopic (exact) mass is 1240 g/mol. The first kappa shape index (κ1) is 62.5. The number of hydrogen-bond acceptors (Lipinski definition) is 17. The van der Waals surface area contributed by atoms with Crippen molar-refractivity contribution >= 4 is 66.4 Å². The molecule has 89 heavy (non-hydrogen) atoms. The summed E-state index contributed by atoms with van der Waals surface area (Å²) < 4.78 is 48.3. The van der Waals surface area contributed by atoms with Crippen molar-refractivity contribution in [3.8, 4) is 66.9 Å². The molecule has 2 fully saturated rings. The molecule has 0 bridgehead atoms. The SMILES string of the molecule is COc1cc2nccc(Oc3ccc(N)s3)c2cc1OC.COc1cc2nccc(Oc3ccc(NC(=O)c4cn(CC5CCOCC5)cc(-c5ccc(C)cc5)c4=O)s3)c2cc1OC.Cc1ccc(-c2cn(CC3CCOCC3)cc(C(=O)O)c2=O)cc1. The van der Waals surface area contributed by atoms with Crippen LogP contribution in [0.25, 0.3) is 44.1 Å². The molecule has 0 spiro atoms. The van der Waals surface area contributed by atoms with Crippen molar-refractivity contribution in [2.45, 2.75) is 52.6 Å². The highest BCUT2D eigenvalue weighted by atomic mass is 32.1. The normalized spacial score (nSPS) is 13.3. The molecule has 460 valence electrons. The Morgan fingerprint density at radius 3 is 1.43 bits per heavy atom. The highest BCUT2D eigenvalue weighted by Gasteiger charge is 2.23. The van der Waals surface area contributed by atoms with Gasteiger partial charge in [-0.3, -0.25) is 24.4 Å². The van der Waals surface area contributed by atoms with Gasteiger partial charge in [0.2, 0.25) is 10.9 Å². The largest absolute Gasteiger partial charge is 0.493 e. The molecule has 0 saturated carbocycles. The molecule has 0 aliphatic carbocycles. The zero-order valence-electron chi connectivity index (χ0n) is 50.1. The highest BCUT2D eigenvalue weighted by Crippen LogP contribution is 2.41. The molecule has 2 aliphatic rings. The Kier molecular flexibility index (Phi) is 20.4. The predicted molar refractivity (Wildman–Crippen MR) is 347 cm³/mol. The van der Waals surface area contributed by atoms with Crippen LogP contribution in [0.5, 0.6) is 44.6 Å². The maximum absolute atomic E-state index is 13.7. The maximum Gasteiger partial charge on any atom is 0.341 e. The van der Waals surface area contributed by atoms with E-state index in [2.05, 4.69) is 15.3 Å². The zero-order valence-corrected chi connectivity index (χ0v) is 51.7. The Hall–Kier alpha value is -9.54. The number of anilines is 2. The van der Waals surface area contributed by atoms with Gasteiger partial charge in [-0.25, -0.2) is 4.79 Å². The van der Waals surface area contributed by atoms with Crippen LogP contribution in [0.3, 0.4) is 0 Å². The molecular weight excluding hydrogens is 1170 g/mol. The third-order valence-electron chi connectivity index (χ3n) is 15.2. The van der Waals surface area contributed by atoms with Crippen LogP contribution in [0.4, 0.5) is 10.0 Å². The minimum absolute atomic E-state index is 0.0900. The third kappa shape index (κ3) is 15.4. The molecule has 0 atom stereocenters. The van der Waals surface area contributed by atoms with Crippen molar-refractivity contribution in [3.05, 3.63) is 189 Å². The number of nitrogens with two attached hydrogens (primary N) is 1. The Morgan fingerprint density at radius 2 is 0.989 bits per heavy atom. The Morgan fingerprint density at radius 1 is 0.562 bits per heavy atom. The number of aromatic carboxylic acids is 1. The standard InChI is InChI=1S/C34H33N3O6S.C19H21NO4.C15H14N2O3S/c1-21-4-6-23(7-5-21)25-19-37(18-22-11-14-42-15-12-22)20-26(33(25)38)34(39)36-31-8-9-32(44-31)43-28-10-13-35-27-17-30(41-3)29(40-2)16-24(27)28;1-13-2-4-15(5-3-13)16-11-20(10-14-6-8-24-9-7-14)12-17(18(16)21)19(22)23;1-18-12-7-9-10(8-13(12)19-2)17-6-5-11(9)20-15-4-3-14(16)21-15/h4-10,13,16-17,19-20,22H,11-12,14-15,18H2,1-3H3,(H,36,39);2-5,11-12,14H,6-10H2,1H3,(H,22,23);3-8H,16H2,1-2H3. The molecule has 2 aliphatic heterocycles. The minimum Gasteiger partial charge on any atom is -0.493 e. The summed E-state index contributed by atoms with van der Waals surface area (Å²) in [5.74, 6) is 2.88. The first-order valence-electron chi connectivity index (χ1n) is 28.8. The fourth-order valence-electron chi connectivity index (χ4n) is 10.4. The van der Waals surface area contributed by atoms with E-state index in [1.54, 1.807) is 77.5 Å². The summed E-state index contributed by atoms with van der Waals surface area (Å²) in [7, 11) is 6.34. The van der Waals surface area contributed by atoms with E-state index in [9.17, 15) is 24.3 Å². The molecule has 1 amide bonds. The smallest absolute Gasteiger partial charge is 0.341 e. The number of nitrogens with one attached hydrogen (secondary N) is 1. The topological polar surface area (TPSA) is 236 Å². The molecule has 8 heterocycles. The van der Waals surface area contributed by atoms with E-state index in [1.807, 2.05) is 114 Å². The lowest BCUT2D eigenvalue weighted by atomic mass is 9.99. The molecule has 19 nitrogen and oxygen atoms in total. The van der Waals surface area contributed by atoms with Gasteiger partial charge >= 0.3 is 5.97 Å². The highest BCUT2D eigenvalue weighted by molar-refractivity contribution is 7.18. The number of thiophene rings is 2. The summed E-state index contributed by atoms with van der Waals surface area (Å²) in [5, 5.41) is 16.5. The number of nitrogen functional groups attached to an aromatic ring is 1. The van der Waals surface area contributed by atoms with E-state index in [0.29, 0.717) is 91.1 Å². The molecule has 12 rings (SSSR count). The number of pyridine rings is 4. The van der Waals surface area contributed by atoms with E-state index < -0.39 is 17.3 Å². The fraction of sp³-hybridized carbons (Fsp3) is 0.265. The maximum atomic E-state index is 13.7.